The summed E-state index contributed by atoms with van der Waals surface area (Å²) in [6, 6.07) is 8.42. The second kappa shape index (κ2) is 13.1. The summed E-state index contributed by atoms with van der Waals surface area (Å²) in [5.41, 5.74) is 1.67. The lowest BCUT2D eigenvalue weighted by Crippen LogP contribution is -2.02. The van der Waals surface area contributed by atoms with E-state index in [4.69, 9.17) is 0 Å². The van der Waals surface area contributed by atoms with E-state index in [1.165, 1.54) is 36.4 Å². The van der Waals surface area contributed by atoms with Crippen molar-refractivity contribution in [3.8, 4) is 23.0 Å². The maximum Gasteiger partial charge on any atom is 0.128 e. The SMILES string of the molecule is ON=C(CCCCCCCCCCC(=NO)c1ccc(O)cc1O)c1ccc(O)cc1O. The fraction of sp³-hybridized carbons (Fsp3) is 0.417. The molecule has 8 heteroatoms. The van der Waals surface area contributed by atoms with Gasteiger partial charge in [0.2, 0.25) is 0 Å². The molecule has 0 fully saturated rings. The molecule has 8 nitrogen and oxygen atoms in total. The molecule has 0 radical (unpaired) electrons. The Morgan fingerprint density at radius 1 is 0.531 bits per heavy atom. The number of rotatable bonds is 13. The van der Waals surface area contributed by atoms with Gasteiger partial charge in [-0.2, -0.15) is 0 Å². The Morgan fingerprint density at radius 3 is 1.19 bits per heavy atom. The molecule has 0 aliphatic heterocycles. The smallest absolute Gasteiger partial charge is 0.128 e. The van der Waals surface area contributed by atoms with Crippen LogP contribution in [0.15, 0.2) is 46.7 Å². The molecule has 2 rings (SSSR count). The minimum Gasteiger partial charge on any atom is -0.508 e. The lowest BCUT2D eigenvalue weighted by atomic mass is 10.00. The van der Waals surface area contributed by atoms with Gasteiger partial charge in [-0.1, -0.05) is 48.8 Å². The molecule has 0 heterocycles. The molecule has 32 heavy (non-hydrogen) atoms. The first-order valence-electron chi connectivity index (χ1n) is 10.9. The van der Waals surface area contributed by atoms with Crippen LogP contribution in [0.25, 0.3) is 0 Å². The zero-order valence-corrected chi connectivity index (χ0v) is 18.1. The molecule has 0 atom stereocenters. The minimum atomic E-state index is -0.104. The van der Waals surface area contributed by atoms with Crippen LogP contribution in [-0.4, -0.2) is 42.3 Å². The van der Waals surface area contributed by atoms with Gasteiger partial charge in [0.25, 0.3) is 0 Å². The molecule has 0 aliphatic carbocycles. The van der Waals surface area contributed by atoms with Crippen LogP contribution < -0.4 is 0 Å². The first-order valence-corrected chi connectivity index (χ1v) is 10.9. The normalized spacial score (nSPS) is 12.2. The van der Waals surface area contributed by atoms with Gasteiger partial charge in [0, 0.05) is 23.3 Å². The third-order valence-corrected chi connectivity index (χ3v) is 5.40. The van der Waals surface area contributed by atoms with E-state index in [2.05, 4.69) is 10.3 Å². The van der Waals surface area contributed by atoms with Gasteiger partial charge < -0.3 is 30.8 Å². The summed E-state index contributed by atoms with van der Waals surface area (Å²) in [6.45, 7) is 0. The summed E-state index contributed by atoms with van der Waals surface area (Å²) < 4.78 is 0. The van der Waals surface area contributed by atoms with Gasteiger partial charge in [-0.3, -0.25) is 0 Å². The number of oxime groups is 2. The van der Waals surface area contributed by atoms with E-state index in [1.54, 1.807) is 0 Å². The molecule has 0 unspecified atom stereocenters. The first-order chi connectivity index (χ1) is 15.5. The number of hydrogen-bond acceptors (Lipinski definition) is 8. The number of aromatic hydroxyl groups is 4. The average Bonchev–Trinajstić information content (AvgIpc) is 2.76. The van der Waals surface area contributed by atoms with E-state index in [0.717, 1.165) is 51.4 Å². The van der Waals surface area contributed by atoms with Crippen LogP contribution in [0.2, 0.25) is 0 Å². The van der Waals surface area contributed by atoms with Crippen LogP contribution in [0.4, 0.5) is 0 Å². The van der Waals surface area contributed by atoms with Crippen molar-refractivity contribution in [2.75, 3.05) is 0 Å². The molecule has 6 N–H and O–H groups in total. The zero-order valence-electron chi connectivity index (χ0n) is 18.1. The van der Waals surface area contributed by atoms with Crippen molar-refractivity contribution < 1.29 is 30.8 Å². The van der Waals surface area contributed by atoms with Crippen molar-refractivity contribution in [1.29, 1.82) is 0 Å². The Kier molecular flexibility index (Phi) is 10.2. The second-order valence-electron chi connectivity index (χ2n) is 7.82. The van der Waals surface area contributed by atoms with Crippen molar-refractivity contribution in [3.05, 3.63) is 47.5 Å². The van der Waals surface area contributed by atoms with Gasteiger partial charge in [0.1, 0.15) is 23.0 Å². The molecule has 0 aromatic heterocycles. The van der Waals surface area contributed by atoms with E-state index < -0.39 is 0 Å². The number of unbranched alkanes of at least 4 members (excludes halogenated alkanes) is 7. The van der Waals surface area contributed by atoms with E-state index in [1.807, 2.05) is 0 Å². The summed E-state index contributed by atoms with van der Waals surface area (Å²) in [7, 11) is 0. The van der Waals surface area contributed by atoms with Crippen molar-refractivity contribution >= 4 is 11.4 Å². The fourth-order valence-electron chi connectivity index (χ4n) is 3.65. The quantitative estimate of drug-likeness (QED) is 0.105. The lowest BCUT2D eigenvalue weighted by molar-refractivity contribution is 0.317. The highest BCUT2D eigenvalue weighted by Crippen LogP contribution is 2.26. The van der Waals surface area contributed by atoms with Gasteiger partial charge in [0.15, 0.2) is 0 Å². The molecule has 0 saturated heterocycles. The molecule has 0 spiro atoms. The number of phenols is 4. The van der Waals surface area contributed by atoms with Gasteiger partial charge in [-0.25, -0.2) is 0 Å². The van der Waals surface area contributed by atoms with Crippen LogP contribution in [0.5, 0.6) is 23.0 Å². The maximum absolute atomic E-state index is 9.88. The largest absolute Gasteiger partial charge is 0.508 e. The van der Waals surface area contributed by atoms with Gasteiger partial charge in [-0.15, -0.1) is 0 Å². The van der Waals surface area contributed by atoms with Crippen molar-refractivity contribution in [2.24, 2.45) is 10.3 Å². The molecular weight excluding hydrogens is 412 g/mol. The Labute approximate surface area is 187 Å². The summed E-state index contributed by atoms with van der Waals surface area (Å²) >= 11 is 0. The predicted molar refractivity (Wildman–Crippen MR) is 122 cm³/mol. The van der Waals surface area contributed by atoms with E-state index in [9.17, 15) is 30.8 Å². The third kappa shape index (κ3) is 7.68. The highest BCUT2D eigenvalue weighted by atomic mass is 16.4. The van der Waals surface area contributed by atoms with Crippen molar-refractivity contribution in [3.63, 3.8) is 0 Å². The van der Waals surface area contributed by atoms with Gasteiger partial charge in [0.05, 0.1) is 11.4 Å². The van der Waals surface area contributed by atoms with Crippen LogP contribution >= 0.6 is 0 Å². The molecule has 0 saturated carbocycles. The minimum absolute atomic E-state index is 0.0399. The summed E-state index contributed by atoms with van der Waals surface area (Å²) in [5, 5.41) is 63.5. The Hall–Kier alpha value is -3.42. The monoisotopic (exact) mass is 444 g/mol. The Balaban J connectivity index is 1.57. The van der Waals surface area contributed by atoms with E-state index >= 15 is 0 Å². The molecule has 2 aromatic carbocycles. The Morgan fingerprint density at radius 2 is 0.875 bits per heavy atom. The number of nitrogens with zero attached hydrogens (tertiary/aromatic N) is 2. The second-order valence-corrected chi connectivity index (χ2v) is 7.82. The Bertz CT molecular complexity index is 851. The molecule has 0 amide bonds. The molecule has 0 aliphatic rings. The van der Waals surface area contributed by atoms with Crippen LogP contribution in [0.1, 0.15) is 75.3 Å². The number of benzene rings is 2. The average molecular weight is 445 g/mol. The van der Waals surface area contributed by atoms with Crippen molar-refractivity contribution in [2.45, 2.75) is 64.2 Å². The number of hydrogen-bond donors (Lipinski definition) is 6. The van der Waals surface area contributed by atoms with Crippen molar-refractivity contribution in [1.82, 2.24) is 0 Å². The molecule has 2 aromatic rings. The molecule has 0 bridgehead atoms. The predicted octanol–water partition coefficient (Wildman–Crippen LogP) is 5.47. The summed E-state index contributed by atoms with van der Waals surface area (Å²) in [4.78, 5) is 0. The molecule has 174 valence electrons. The van der Waals surface area contributed by atoms with Crippen LogP contribution in [0, 0.1) is 0 Å². The van der Waals surface area contributed by atoms with Crippen LogP contribution in [-0.2, 0) is 0 Å². The summed E-state index contributed by atoms with van der Waals surface area (Å²) in [5.74, 6) is -0.288. The molecular formula is C24H32N2O6. The van der Waals surface area contributed by atoms with E-state index in [0.29, 0.717) is 35.4 Å². The highest BCUT2D eigenvalue weighted by molar-refractivity contribution is 6.03. The van der Waals surface area contributed by atoms with Gasteiger partial charge >= 0.3 is 0 Å². The summed E-state index contributed by atoms with van der Waals surface area (Å²) in [6.07, 6.45) is 9.04. The van der Waals surface area contributed by atoms with Crippen LogP contribution in [0.3, 0.4) is 0 Å². The highest BCUT2D eigenvalue weighted by Gasteiger charge is 2.11. The third-order valence-electron chi connectivity index (χ3n) is 5.40. The van der Waals surface area contributed by atoms with E-state index in [-0.39, 0.29) is 23.0 Å². The maximum atomic E-state index is 9.88. The lowest BCUT2D eigenvalue weighted by Gasteiger charge is -2.08. The first kappa shape index (κ1) is 24.8. The van der Waals surface area contributed by atoms with Gasteiger partial charge in [-0.05, 0) is 49.9 Å². The number of phenolic OH excluding ortho intramolecular Hbond substituents is 4. The topological polar surface area (TPSA) is 146 Å². The standard InChI is InChI=1S/C24H32N2O6/c27-17-11-13-19(23(29)15-17)21(25-31)9-7-5-3-1-2-4-6-8-10-22(26-32)20-14-12-18(28)16-24(20)30/h11-16,27-32H,1-10H2. The fourth-order valence-corrected chi connectivity index (χ4v) is 3.65. The zero-order chi connectivity index (χ0) is 23.3.